The Kier molecular flexibility index (Phi) is 6.39. The minimum atomic E-state index is -0.761. The van der Waals surface area contributed by atoms with Gasteiger partial charge in [0.25, 0.3) is 5.91 Å². The lowest BCUT2D eigenvalue weighted by molar-refractivity contribution is -0.127. The quantitative estimate of drug-likeness (QED) is 0.613. The van der Waals surface area contributed by atoms with Crippen molar-refractivity contribution in [2.24, 2.45) is 0 Å². The highest BCUT2D eigenvalue weighted by molar-refractivity contribution is 7.09. The van der Waals surface area contributed by atoms with Crippen molar-refractivity contribution >= 4 is 40.4 Å². The lowest BCUT2D eigenvalue weighted by Crippen LogP contribution is -2.50. The largest absolute Gasteiger partial charge is 0.486 e. The number of carbonyl (C=O) groups excluding carboxylic acids is 2. The summed E-state index contributed by atoms with van der Waals surface area (Å²) in [6.07, 6.45) is -0.644. The number of halogens is 1. The van der Waals surface area contributed by atoms with Gasteiger partial charge in [0, 0.05) is 17.5 Å². The molecular weight excluding hydrogens is 438 g/mol. The van der Waals surface area contributed by atoms with Crippen LogP contribution >= 0.6 is 22.9 Å². The summed E-state index contributed by atoms with van der Waals surface area (Å²) in [5.74, 6) is 0.774. The number of nitrogens with zero attached hydrogens (tertiary/aromatic N) is 2. The van der Waals surface area contributed by atoms with Gasteiger partial charge in [0.2, 0.25) is 5.91 Å². The summed E-state index contributed by atoms with van der Waals surface area (Å²) < 4.78 is 11.5. The molecule has 7 nitrogen and oxygen atoms in total. The molecular formula is C22H20ClN3O4S. The molecule has 0 saturated carbocycles. The van der Waals surface area contributed by atoms with E-state index in [4.69, 9.17) is 21.1 Å². The lowest BCUT2D eigenvalue weighted by Gasteiger charge is -2.34. The SMILES string of the molecule is CNC(=O)C1CN(C(=O)Cc2csc(COc3ccc(Cl)cc3)n2)c2ccccc2O1. The molecule has 0 fully saturated rings. The van der Waals surface area contributed by atoms with Crippen molar-refractivity contribution in [3.8, 4) is 11.5 Å². The maximum Gasteiger partial charge on any atom is 0.262 e. The number of para-hydroxylation sites is 2. The predicted octanol–water partition coefficient (Wildman–Crippen LogP) is 3.46. The maximum absolute atomic E-state index is 13.1. The minimum Gasteiger partial charge on any atom is -0.486 e. The third-order valence-electron chi connectivity index (χ3n) is 4.72. The van der Waals surface area contributed by atoms with Gasteiger partial charge in [0.05, 0.1) is 24.3 Å². The Labute approximate surface area is 188 Å². The highest BCUT2D eigenvalue weighted by Crippen LogP contribution is 2.33. The molecule has 160 valence electrons. The van der Waals surface area contributed by atoms with Gasteiger partial charge < -0.3 is 19.7 Å². The van der Waals surface area contributed by atoms with E-state index in [-0.39, 0.29) is 24.8 Å². The van der Waals surface area contributed by atoms with Crippen LogP contribution in [0, 0.1) is 0 Å². The van der Waals surface area contributed by atoms with Gasteiger partial charge in [-0.25, -0.2) is 4.98 Å². The first-order chi connectivity index (χ1) is 15.0. The van der Waals surface area contributed by atoms with Crippen LogP contribution in [0.3, 0.4) is 0 Å². The van der Waals surface area contributed by atoms with Gasteiger partial charge in [0.15, 0.2) is 6.10 Å². The second kappa shape index (κ2) is 9.36. The standard InChI is InChI=1S/C22H20ClN3O4S/c1-24-22(28)19-11-26(17-4-2-3-5-18(17)30-19)21(27)10-15-13-31-20(25-15)12-29-16-8-6-14(23)7-9-16/h2-9,13,19H,10-12H2,1H3,(H,24,28). The van der Waals surface area contributed by atoms with Crippen LogP contribution in [0.2, 0.25) is 5.02 Å². The van der Waals surface area contributed by atoms with E-state index in [9.17, 15) is 9.59 Å². The van der Waals surface area contributed by atoms with Crippen molar-refractivity contribution in [3.63, 3.8) is 0 Å². The lowest BCUT2D eigenvalue weighted by atomic mass is 10.1. The number of fused-ring (bicyclic) bond motifs is 1. The average Bonchev–Trinajstić information content (AvgIpc) is 3.24. The molecule has 1 atom stereocenters. The Balaban J connectivity index is 1.43. The molecule has 0 saturated heterocycles. The van der Waals surface area contributed by atoms with Gasteiger partial charge in [0.1, 0.15) is 23.1 Å². The van der Waals surface area contributed by atoms with E-state index in [2.05, 4.69) is 10.3 Å². The number of benzene rings is 2. The van der Waals surface area contributed by atoms with Gasteiger partial charge in [-0.15, -0.1) is 11.3 Å². The number of thiazole rings is 1. The van der Waals surface area contributed by atoms with E-state index in [0.717, 1.165) is 5.01 Å². The number of carbonyl (C=O) groups is 2. The van der Waals surface area contributed by atoms with Gasteiger partial charge >= 0.3 is 0 Å². The smallest absolute Gasteiger partial charge is 0.262 e. The summed E-state index contributed by atoms with van der Waals surface area (Å²) in [5.41, 5.74) is 1.30. The van der Waals surface area contributed by atoms with Crippen LogP contribution in [0.25, 0.3) is 0 Å². The molecule has 9 heteroatoms. The monoisotopic (exact) mass is 457 g/mol. The van der Waals surface area contributed by atoms with Crippen molar-refractivity contribution in [1.29, 1.82) is 0 Å². The number of aromatic nitrogens is 1. The molecule has 1 aromatic heterocycles. The molecule has 1 aliphatic heterocycles. The van der Waals surface area contributed by atoms with E-state index in [1.165, 1.54) is 11.3 Å². The molecule has 2 aromatic carbocycles. The van der Waals surface area contributed by atoms with Crippen LogP contribution in [0.5, 0.6) is 11.5 Å². The van der Waals surface area contributed by atoms with Crippen LogP contribution in [-0.4, -0.2) is 36.5 Å². The Morgan fingerprint density at radius 3 is 2.81 bits per heavy atom. The zero-order valence-corrected chi connectivity index (χ0v) is 18.3. The van der Waals surface area contributed by atoms with E-state index in [0.29, 0.717) is 34.5 Å². The fourth-order valence-electron chi connectivity index (χ4n) is 3.19. The highest BCUT2D eigenvalue weighted by Gasteiger charge is 2.33. The number of amides is 2. The third-order valence-corrected chi connectivity index (χ3v) is 5.84. The number of rotatable bonds is 6. The summed E-state index contributed by atoms with van der Waals surface area (Å²) in [4.78, 5) is 31.3. The van der Waals surface area contributed by atoms with Crippen LogP contribution in [0.4, 0.5) is 5.69 Å². The second-order valence-electron chi connectivity index (χ2n) is 6.84. The van der Waals surface area contributed by atoms with E-state index in [1.807, 2.05) is 11.4 Å². The Morgan fingerprint density at radius 2 is 2.03 bits per heavy atom. The predicted molar refractivity (Wildman–Crippen MR) is 119 cm³/mol. The average molecular weight is 458 g/mol. The zero-order valence-electron chi connectivity index (χ0n) is 16.7. The van der Waals surface area contributed by atoms with Crippen molar-refractivity contribution in [1.82, 2.24) is 10.3 Å². The first-order valence-corrected chi connectivity index (χ1v) is 10.9. The van der Waals surface area contributed by atoms with E-state index in [1.54, 1.807) is 54.4 Å². The summed E-state index contributed by atoms with van der Waals surface area (Å²) in [5, 5.41) is 5.83. The molecule has 1 aliphatic rings. The van der Waals surface area contributed by atoms with Gasteiger partial charge in [-0.1, -0.05) is 23.7 Å². The first kappa shape index (κ1) is 21.1. The molecule has 1 unspecified atom stereocenters. The topological polar surface area (TPSA) is 80.8 Å². The number of ether oxygens (including phenoxy) is 2. The molecule has 0 bridgehead atoms. The Bertz CT molecular complexity index is 1090. The van der Waals surface area contributed by atoms with Gasteiger partial charge in [-0.05, 0) is 36.4 Å². The fraction of sp³-hybridized carbons (Fsp3) is 0.227. The summed E-state index contributed by atoms with van der Waals surface area (Å²) in [6, 6.07) is 14.3. The van der Waals surface area contributed by atoms with Gasteiger partial charge in [-0.3, -0.25) is 9.59 Å². The fourth-order valence-corrected chi connectivity index (χ4v) is 4.02. The summed E-state index contributed by atoms with van der Waals surface area (Å²) in [6.45, 7) is 0.450. The number of likely N-dealkylation sites (N-methyl/N-ethyl adjacent to an activating group) is 1. The van der Waals surface area contributed by atoms with E-state index < -0.39 is 6.10 Å². The first-order valence-electron chi connectivity index (χ1n) is 9.63. The van der Waals surface area contributed by atoms with Crippen LogP contribution in [0.15, 0.2) is 53.9 Å². The zero-order chi connectivity index (χ0) is 21.8. The molecule has 1 N–H and O–H groups in total. The summed E-state index contributed by atoms with van der Waals surface area (Å²) >= 11 is 7.31. The van der Waals surface area contributed by atoms with Gasteiger partial charge in [-0.2, -0.15) is 0 Å². The van der Waals surface area contributed by atoms with E-state index >= 15 is 0 Å². The number of anilines is 1. The van der Waals surface area contributed by atoms with Crippen LogP contribution in [-0.2, 0) is 22.6 Å². The molecule has 4 rings (SSSR count). The molecule has 31 heavy (non-hydrogen) atoms. The Morgan fingerprint density at radius 1 is 1.26 bits per heavy atom. The number of hydrogen-bond acceptors (Lipinski definition) is 6. The third kappa shape index (κ3) is 4.98. The molecule has 2 heterocycles. The van der Waals surface area contributed by atoms with Crippen molar-refractivity contribution in [3.05, 3.63) is 69.6 Å². The van der Waals surface area contributed by atoms with Crippen LogP contribution in [0.1, 0.15) is 10.7 Å². The molecule has 2 amide bonds. The normalized spacial score (nSPS) is 15.0. The summed E-state index contributed by atoms with van der Waals surface area (Å²) in [7, 11) is 1.54. The van der Waals surface area contributed by atoms with Crippen molar-refractivity contribution in [2.75, 3.05) is 18.5 Å². The van der Waals surface area contributed by atoms with Crippen LogP contribution < -0.4 is 19.7 Å². The Hall–Kier alpha value is -3.10. The maximum atomic E-state index is 13.1. The number of nitrogens with one attached hydrogen (secondary N) is 1. The molecule has 0 radical (unpaired) electrons. The molecule has 0 spiro atoms. The van der Waals surface area contributed by atoms with Crippen molar-refractivity contribution in [2.45, 2.75) is 19.1 Å². The highest BCUT2D eigenvalue weighted by atomic mass is 35.5. The molecule has 0 aliphatic carbocycles. The van der Waals surface area contributed by atoms with Crippen molar-refractivity contribution < 1.29 is 19.1 Å². The minimum absolute atomic E-state index is 0.117. The number of hydrogen-bond donors (Lipinski definition) is 1. The molecule has 3 aromatic rings. The second-order valence-corrected chi connectivity index (χ2v) is 8.22.